The number of nitrogens with zero attached hydrogens (tertiary/aromatic N) is 1. The average Bonchev–Trinajstić information content (AvgIpc) is 2.89. The maximum Gasteiger partial charge on any atom is 0.186 e. The summed E-state index contributed by atoms with van der Waals surface area (Å²) in [6, 6.07) is 4.34. The standard InChI is InChI=1S/C15H25NO2S/c1-4-12(5-2)16(9-10-17)11-14(18)15-8-7-13(6-3)19-15/h7-8,12,17H,4-6,9-11H2,1-3H3. The number of carbonyl (C=O) groups excluding carboxylic acids is 1. The van der Waals surface area contributed by atoms with Crippen LogP contribution in [0.2, 0.25) is 0 Å². The minimum Gasteiger partial charge on any atom is -0.395 e. The molecular formula is C15H25NO2S. The summed E-state index contributed by atoms with van der Waals surface area (Å²) in [5.41, 5.74) is 0. The molecule has 0 aliphatic rings. The Hall–Kier alpha value is -0.710. The molecule has 0 saturated carbocycles. The number of hydrogen-bond donors (Lipinski definition) is 1. The van der Waals surface area contributed by atoms with Gasteiger partial charge < -0.3 is 5.11 Å². The smallest absolute Gasteiger partial charge is 0.186 e. The monoisotopic (exact) mass is 283 g/mol. The van der Waals surface area contributed by atoms with E-state index in [1.807, 2.05) is 12.1 Å². The van der Waals surface area contributed by atoms with E-state index in [2.05, 4.69) is 25.7 Å². The van der Waals surface area contributed by atoms with Crippen LogP contribution in [0.25, 0.3) is 0 Å². The molecule has 0 aromatic carbocycles. The Morgan fingerprint density at radius 1 is 1.32 bits per heavy atom. The maximum absolute atomic E-state index is 12.3. The van der Waals surface area contributed by atoms with Gasteiger partial charge in [-0.2, -0.15) is 0 Å². The van der Waals surface area contributed by atoms with Crippen molar-refractivity contribution in [3.05, 3.63) is 21.9 Å². The van der Waals surface area contributed by atoms with Crippen LogP contribution in [-0.2, 0) is 6.42 Å². The normalized spacial score (nSPS) is 11.5. The molecule has 0 atom stereocenters. The third-order valence-electron chi connectivity index (χ3n) is 3.48. The Morgan fingerprint density at radius 3 is 2.47 bits per heavy atom. The maximum atomic E-state index is 12.3. The van der Waals surface area contributed by atoms with Gasteiger partial charge in [0, 0.05) is 17.5 Å². The Morgan fingerprint density at radius 2 is 2.00 bits per heavy atom. The number of aliphatic hydroxyl groups excluding tert-OH is 1. The van der Waals surface area contributed by atoms with Crippen LogP contribution < -0.4 is 0 Å². The molecule has 1 aromatic heterocycles. The van der Waals surface area contributed by atoms with Crippen LogP contribution in [0.5, 0.6) is 0 Å². The zero-order chi connectivity index (χ0) is 14.3. The lowest BCUT2D eigenvalue weighted by Crippen LogP contribution is -2.40. The van der Waals surface area contributed by atoms with Crippen LogP contribution >= 0.6 is 11.3 Å². The molecule has 0 aliphatic heterocycles. The quantitative estimate of drug-likeness (QED) is 0.708. The van der Waals surface area contributed by atoms with Gasteiger partial charge in [0.2, 0.25) is 0 Å². The molecule has 0 fully saturated rings. The first kappa shape index (κ1) is 16.3. The van der Waals surface area contributed by atoms with Crippen molar-refractivity contribution in [2.24, 2.45) is 0 Å². The van der Waals surface area contributed by atoms with Gasteiger partial charge in [-0.3, -0.25) is 9.69 Å². The number of hydrogen-bond acceptors (Lipinski definition) is 4. The van der Waals surface area contributed by atoms with Crippen molar-refractivity contribution >= 4 is 17.1 Å². The zero-order valence-corrected chi connectivity index (χ0v) is 13.0. The summed E-state index contributed by atoms with van der Waals surface area (Å²) in [6.45, 7) is 7.45. The molecule has 0 spiro atoms. The molecule has 1 rings (SSSR count). The molecule has 4 heteroatoms. The van der Waals surface area contributed by atoms with Gasteiger partial charge in [-0.1, -0.05) is 20.8 Å². The molecular weight excluding hydrogens is 258 g/mol. The van der Waals surface area contributed by atoms with Crippen molar-refractivity contribution in [1.29, 1.82) is 0 Å². The fourth-order valence-corrected chi connectivity index (χ4v) is 3.18. The lowest BCUT2D eigenvalue weighted by molar-refractivity contribution is 0.0854. The van der Waals surface area contributed by atoms with Gasteiger partial charge in [-0.05, 0) is 31.4 Å². The molecule has 1 heterocycles. The van der Waals surface area contributed by atoms with E-state index in [1.54, 1.807) is 11.3 Å². The van der Waals surface area contributed by atoms with E-state index >= 15 is 0 Å². The SMILES string of the molecule is CCc1ccc(C(=O)CN(CCO)C(CC)CC)s1. The first-order chi connectivity index (χ1) is 9.15. The fraction of sp³-hybridized carbons (Fsp3) is 0.667. The predicted octanol–water partition coefficient (Wildman–Crippen LogP) is 2.98. The molecule has 0 saturated heterocycles. The molecule has 108 valence electrons. The van der Waals surface area contributed by atoms with Crippen molar-refractivity contribution in [3.8, 4) is 0 Å². The molecule has 0 aliphatic carbocycles. The Kier molecular flexibility index (Phi) is 7.28. The summed E-state index contributed by atoms with van der Waals surface area (Å²) in [5, 5.41) is 9.15. The highest BCUT2D eigenvalue weighted by Gasteiger charge is 2.19. The van der Waals surface area contributed by atoms with Crippen LogP contribution in [0.1, 0.15) is 48.2 Å². The summed E-state index contributed by atoms with van der Waals surface area (Å²) in [7, 11) is 0. The van der Waals surface area contributed by atoms with Crippen LogP contribution in [0.15, 0.2) is 12.1 Å². The van der Waals surface area contributed by atoms with Crippen molar-refractivity contribution in [2.45, 2.75) is 46.1 Å². The lowest BCUT2D eigenvalue weighted by Gasteiger charge is -2.28. The first-order valence-electron chi connectivity index (χ1n) is 7.12. The Labute approximate surface area is 120 Å². The number of aryl methyl sites for hydroxylation is 1. The second-order valence-corrected chi connectivity index (χ2v) is 5.88. The molecule has 0 radical (unpaired) electrons. The minimum absolute atomic E-state index is 0.106. The summed E-state index contributed by atoms with van der Waals surface area (Å²) < 4.78 is 0. The van der Waals surface area contributed by atoms with Crippen molar-refractivity contribution in [3.63, 3.8) is 0 Å². The van der Waals surface area contributed by atoms with E-state index < -0.39 is 0 Å². The molecule has 0 unspecified atom stereocenters. The van der Waals surface area contributed by atoms with E-state index in [9.17, 15) is 4.79 Å². The number of Topliss-reactive ketones (excluding diaryl/α,β-unsaturated/α-hetero) is 1. The summed E-state index contributed by atoms with van der Waals surface area (Å²) in [6.07, 6.45) is 2.99. The third-order valence-corrected chi connectivity index (χ3v) is 4.75. The number of carbonyl (C=O) groups is 1. The van der Waals surface area contributed by atoms with Gasteiger partial charge in [0.15, 0.2) is 5.78 Å². The summed E-state index contributed by atoms with van der Waals surface area (Å²) in [5.74, 6) is 0.171. The fourth-order valence-electron chi connectivity index (χ4n) is 2.30. The highest BCUT2D eigenvalue weighted by atomic mass is 32.1. The number of rotatable bonds is 9. The zero-order valence-electron chi connectivity index (χ0n) is 12.2. The average molecular weight is 283 g/mol. The summed E-state index contributed by atoms with van der Waals surface area (Å²) >= 11 is 1.59. The first-order valence-corrected chi connectivity index (χ1v) is 7.94. The Balaban J connectivity index is 2.69. The molecule has 0 amide bonds. The predicted molar refractivity (Wildman–Crippen MR) is 81.1 cm³/mol. The number of thiophene rings is 1. The van der Waals surface area contributed by atoms with Crippen molar-refractivity contribution in [2.75, 3.05) is 19.7 Å². The molecule has 3 nitrogen and oxygen atoms in total. The topological polar surface area (TPSA) is 40.5 Å². The lowest BCUT2D eigenvalue weighted by atomic mass is 10.1. The van der Waals surface area contributed by atoms with E-state index in [0.717, 1.165) is 24.1 Å². The van der Waals surface area contributed by atoms with Crippen LogP contribution in [-0.4, -0.2) is 41.5 Å². The van der Waals surface area contributed by atoms with Gasteiger partial charge in [-0.15, -0.1) is 11.3 Å². The highest BCUT2D eigenvalue weighted by Crippen LogP contribution is 2.18. The van der Waals surface area contributed by atoms with Crippen LogP contribution in [0.4, 0.5) is 0 Å². The second-order valence-electron chi connectivity index (χ2n) is 4.71. The molecule has 1 aromatic rings. The van der Waals surface area contributed by atoms with E-state index in [4.69, 9.17) is 5.11 Å². The van der Waals surface area contributed by atoms with Gasteiger partial charge >= 0.3 is 0 Å². The van der Waals surface area contributed by atoms with E-state index in [-0.39, 0.29) is 12.4 Å². The number of aliphatic hydroxyl groups is 1. The molecule has 1 N–H and O–H groups in total. The Bertz CT molecular complexity index is 385. The van der Waals surface area contributed by atoms with Gasteiger partial charge in [-0.25, -0.2) is 0 Å². The van der Waals surface area contributed by atoms with Crippen LogP contribution in [0.3, 0.4) is 0 Å². The van der Waals surface area contributed by atoms with Gasteiger partial charge in [0.1, 0.15) is 0 Å². The number of ketones is 1. The third kappa shape index (κ3) is 4.71. The van der Waals surface area contributed by atoms with E-state index in [1.165, 1.54) is 4.88 Å². The molecule has 0 bridgehead atoms. The van der Waals surface area contributed by atoms with E-state index in [0.29, 0.717) is 19.1 Å². The van der Waals surface area contributed by atoms with Crippen molar-refractivity contribution < 1.29 is 9.90 Å². The molecule has 19 heavy (non-hydrogen) atoms. The highest BCUT2D eigenvalue weighted by molar-refractivity contribution is 7.14. The largest absolute Gasteiger partial charge is 0.395 e. The van der Waals surface area contributed by atoms with Gasteiger partial charge in [0.25, 0.3) is 0 Å². The van der Waals surface area contributed by atoms with Gasteiger partial charge in [0.05, 0.1) is 18.0 Å². The van der Waals surface area contributed by atoms with Crippen molar-refractivity contribution in [1.82, 2.24) is 4.90 Å². The second kappa shape index (κ2) is 8.46. The summed E-state index contributed by atoms with van der Waals surface area (Å²) in [4.78, 5) is 16.5. The van der Waals surface area contributed by atoms with Crippen LogP contribution in [0, 0.1) is 0 Å². The minimum atomic E-state index is 0.106.